The van der Waals surface area contributed by atoms with E-state index in [0.29, 0.717) is 45.0 Å². The van der Waals surface area contributed by atoms with Crippen molar-refractivity contribution >= 4 is 22.7 Å². The third-order valence-corrected chi connectivity index (χ3v) is 5.28. The molecule has 0 fully saturated rings. The van der Waals surface area contributed by atoms with Crippen molar-refractivity contribution in [3.05, 3.63) is 83.9 Å². The molecule has 0 aliphatic carbocycles. The summed E-state index contributed by atoms with van der Waals surface area (Å²) in [5.41, 5.74) is 7.66. The van der Waals surface area contributed by atoms with E-state index in [2.05, 4.69) is 10.9 Å². The Morgan fingerprint density at radius 2 is 1.44 bits per heavy atom. The summed E-state index contributed by atoms with van der Waals surface area (Å²) in [6, 6.07) is 21.0. The molecule has 172 valence electrons. The van der Waals surface area contributed by atoms with E-state index in [1.165, 1.54) is 0 Å². The highest BCUT2D eigenvalue weighted by atomic mass is 16.5. The third-order valence-electron chi connectivity index (χ3n) is 5.28. The van der Waals surface area contributed by atoms with Crippen LogP contribution in [0, 0.1) is 0 Å². The van der Waals surface area contributed by atoms with Gasteiger partial charge < -0.3 is 14.2 Å². The van der Waals surface area contributed by atoms with Crippen LogP contribution in [0.3, 0.4) is 0 Å². The fourth-order valence-corrected chi connectivity index (χ4v) is 3.50. The summed E-state index contributed by atoms with van der Waals surface area (Å²) in [6.45, 7) is 0. The number of carbonyl (C=O) groups is 2. The summed E-state index contributed by atoms with van der Waals surface area (Å²) in [4.78, 5) is 30.2. The quantitative estimate of drug-likeness (QED) is 0.425. The number of nitrogens with zero attached hydrogens (tertiary/aromatic N) is 1. The second kappa shape index (κ2) is 9.91. The normalized spacial score (nSPS) is 10.4. The molecule has 1 heterocycles. The minimum Gasteiger partial charge on any atom is -0.497 e. The van der Waals surface area contributed by atoms with Crippen LogP contribution in [-0.2, 0) is 0 Å². The second-order valence-electron chi connectivity index (χ2n) is 7.28. The Morgan fingerprint density at radius 1 is 0.735 bits per heavy atom. The highest BCUT2D eigenvalue weighted by molar-refractivity contribution is 6.08. The zero-order valence-electron chi connectivity index (χ0n) is 18.9. The summed E-state index contributed by atoms with van der Waals surface area (Å²) in [6.07, 6.45) is 0. The van der Waals surface area contributed by atoms with Crippen molar-refractivity contribution in [2.75, 3.05) is 21.3 Å². The fraction of sp³-hybridized carbons (Fsp3) is 0.115. The summed E-state index contributed by atoms with van der Waals surface area (Å²) in [5, 5.41) is 0.655. The molecule has 2 N–H and O–H groups in total. The van der Waals surface area contributed by atoms with Gasteiger partial charge in [-0.25, -0.2) is 4.98 Å². The number of fused-ring (bicyclic) bond motifs is 1. The fourth-order valence-electron chi connectivity index (χ4n) is 3.50. The van der Waals surface area contributed by atoms with Gasteiger partial charge >= 0.3 is 0 Å². The first-order valence-corrected chi connectivity index (χ1v) is 10.4. The summed E-state index contributed by atoms with van der Waals surface area (Å²) in [7, 11) is 4.67. The Kier molecular flexibility index (Phi) is 6.59. The topological polar surface area (TPSA) is 98.8 Å². The molecule has 0 bridgehead atoms. The molecule has 0 saturated heterocycles. The number of pyridine rings is 1. The molecule has 0 atom stereocenters. The predicted octanol–water partition coefficient (Wildman–Crippen LogP) is 4.00. The molecular weight excluding hydrogens is 434 g/mol. The smallest absolute Gasteiger partial charge is 0.270 e. The summed E-state index contributed by atoms with van der Waals surface area (Å²) >= 11 is 0. The van der Waals surface area contributed by atoms with E-state index >= 15 is 0 Å². The standard InChI is InChI=1S/C26H23N3O5/c1-32-18-11-8-16(9-12-18)25(30)28-29-26(31)20-15-22(27-21-7-5-4-6-19(20)21)17-10-13-23(33-2)24(14-17)34-3/h4-15H,1-3H3,(H,28,30)(H,29,31). The van der Waals surface area contributed by atoms with Crippen molar-refractivity contribution in [3.8, 4) is 28.5 Å². The predicted molar refractivity (Wildman–Crippen MR) is 128 cm³/mol. The maximum absolute atomic E-state index is 13.1. The number of nitrogens with one attached hydrogen (secondary N) is 2. The molecule has 2 amide bonds. The van der Waals surface area contributed by atoms with Gasteiger partial charge in [-0.1, -0.05) is 18.2 Å². The molecule has 4 rings (SSSR count). The van der Waals surface area contributed by atoms with Crippen molar-refractivity contribution in [3.63, 3.8) is 0 Å². The average Bonchev–Trinajstić information content (AvgIpc) is 2.90. The van der Waals surface area contributed by atoms with E-state index in [9.17, 15) is 9.59 Å². The Labute approximate surface area is 196 Å². The Bertz CT molecular complexity index is 1350. The van der Waals surface area contributed by atoms with Crippen LogP contribution >= 0.6 is 0 Å². The van der Waals surface area contributed by atoms with E-state index in [4.69, 9.17) is 19.2 Å². The van der Waals surface area contributed by atoms with Gasteiger partial charge in [0, 0.05) is 16.5 Å². The zero-order chi connectivity index (χ0) is 24.1. The largest absolute Gasteiger partial charge is 0.497 e. The van der Waals surface area contributed by atoms with Gasteiger partial charge in [0.25, 0.3) is 11.8 Å². The first kappa shape index (κ1) is 22.6. The van der Waals surface area contributed by atoms with E-state index in [-0.39, 0.29) is 0 Å². The number of hydrazine groups is 1. The first-order chi connectivity index (χ1) is 16.5. The average molecular weight is 457 g/mol. The molecule has 3 aromatic carbocycles. The van der Waals surface area contributed by atoms with Gasteiger partial charge in [-0.3, -0.25) is 20.4 Å². The van der Waals surface area contributed by atoms with Gasteiger partial charge in [0.1, 0.15) is 5.75 Å². The third kappa shape index (κ3) is 4.61. The molecule has 4 aromatic rings. The van der Waals surface area contributed by atoms with Gasteiger partial charge in [-0.05, 0) is 54.6 Å². The highest BCUT2D eigenvalue weighted by Crippen LogP contribution is 2.33. The molecule has 8 nitrogen and oxygen atoms in total. The molecule has 0 aliphatic heterocycles. The van der Waals surface area contributed by atoms with Crippen molar-refractivity contribution in [2.24, 2.45) is 0 Å². The van der Waals surface area contributed by atoms with Crippen LogP contribution in [0.5, 0.6) is 17.2 Å². The number of hydrogen-bond donors (Lipinski definition) is 2. The Hall–Kier alpha value is -4.59. The number of carbonyl (C=O) groups excluding carboxylic acids is 2. The summed E-state index contributed by atoms with van der Waals surface area (Å²) in [5.74, 6) is 0.849. The number of hydrogen-bond acceptors (Lipinski definition) is 6. The first-order valence-electron chi connectivity index (χ1n) is 10.4. The number of aromatic nitrogens is 1. The molecule has 0 spiro atoms. The monoisotopic (exact) mass is 457 g/mol. The number of para-hydroxylation sites is 1. The number of benzene rings is 3. The van der Waals surface area contributed by atoms with Crippen LogP contribution < -0.4 is 25.1 Å². The van der Waals surface area contributed by atoms with Crippen molar-refractivity contribution in [1.29, 1.82) is 0 Å². The SMILES string of the molecule is COc1ccc(C(=O)NNC(=O)c2cc(-c3ccc(OC)c(OC)c3)nc3ccccc23)cc1. The van der Waals surface area contributed by atoms with Crippen LogP contribution in [0.1, 0.15) is 20.7 Å². The lowest BCUT2D eigenvalue weighted by molar-refractivity contribution is 0.0847. The van der Waals surface area contributed by atoms with E-state index < -0.39 is 11.8 Å². The molecule has 34 heavy (non-hydrogen) atoms. The molecule has 0 unspecified atom stereocenters. The number of amides is 2. The molecule has 8 heteroatoms. The highest BCUT2D eigenvalue weighted by Gasteiger charge is 2.16. The lowest BCUT2D eigenvalue weighted by Crippen LogP contribution is -2.41. The number of methoxy groups -OCH3 is 3. The van der Waals surface area contributed by atoms with Gasteiger partial charge in [-0.15, -0.1) is 0 Å². The van der Waals surface area contributed by atoms with E-state index in [1.807, 2.05) is 24.3 Å². The van der Waals surface area contributed by atoms with Crippen molar-refractivity contribution in [2.45, 2.75) is 0 Å². The van der Waals surface area contributed by atoms with Crippen molar-refractivity contribution in [1.82, 2.24) is 15.8 Å². The van der Waals surface area contributed by atoms with Crippen LogP contribution in [0.4, 0.5) is 0 Å². The summed E-state index contributed by atoms with van der Waals surface area (Å²) < 4.78 is 15.8. The molecular formula is C26H23N3O5. The number of rotatable bonds is 6. The van der Waals surface area contributed by atoms with Gasteiger partial charge in [-0.2, -0.15) is 0 Å². The number of ether oxygens (including phenoxy) is 3. The van der Waals surface area contributed by atoms with Gasteiger partial charge in [0.15, 0.2) is 11.5 Å². The maximum Gasteiger partial charge on any atom is 0.270 e. The maximum atomic E-state index is 13.1. The van der Waals surface area contributed by atoms with Gasteiger partial charge in [0.05, 0.1) is 38.1 Å². The van der Waals surface area contributed by atoms with Crippen LogP contribution in [0.15, 0.2) is 72.8 Å². The molecule has 1 aromatic heterocycles. The van der Waals surface area contributed by atoms with Gasteiger partial charge in [0.2, 0.25) is 0 Å². The Balaban J connectivity index is 1.63. The molecule has 0 radical (unpaired) electrons. The van der Waals surface area contributed by atoms with Crippen LogP contribution in [0.2, 0.25) is 0 Å². The molecule has 0 saturated carbocycles. The lowest BCUT2D eigenvalue weighted by Gasteiger charge is -2.13. The second-order valence-corrected chi connectivity index (χ2v) is 7.28. The lowest BCUT2D eigenvalue weighted by atomic mass is 10.0. The Morgan fingerprint density at radius 3 is 2.15 bits per heavy atom. The van der Waals surface area contributed by atoms with E-state index in [0.717, 1.165) is 5.56 Å². The van der Waals surface area contributed by atoms with E-state index in [1.54, 1.807) is 69.9 Å². The minimum atomic E-state index is -0.470. The molecule has 0 aliphatic rings. The van der Waals surface area contributed by atoms with Crippen LogP contribution in [-0.4, -0.2) is 38.1 Å². The zero-order valence-corrected chi connectivity index (χ0v) is 18.9. The van der Waals surface area contributed by atoms with Crippen LogP contribution in [0.25, 0.3) is 22.2 Å². The minimum absolute atomic E-state index is 0.366. The van der Waals surface area contributed by atoms with Crippen molar-refractivity contribution < 1.29 is 23.8 Å².